The first-order valence-electron chi connectivity index (χ1n) is 8.82. The molecule has 0 bridgehead atoms. The van der Waals surface area contributed by atoms with Gasteiger partial charge in [0.2, 0.25) is 0 Å². The molecular weight excluding hydrogens is 342 g/mol. The predicted octanol–water partition coefficient (Wildman–Crippen LogP) is 1.67. The third-order valence-electron chi connectivity index (χ3n) is 4.66. The lowest BCUT2D eigenvalue weighted by Crippen LogP contribution is -2.26. The van der Waals surface area contributed by atoms with Crippen molar-refractivity contribution in [1.29, 1.82) is 0 Å². The van der Waals surface area contributed by atoms with Gasteiger partial charge in [0, 0.05) is 49.3 Å². The van der Waals surface area contributed by atoms with Gasteiger partial charge in [0.15, 0.2) is 5.82 Å². The molecule has 8 nitrogen and oxygen atoms in total. The minimum absolute atomic E-state index is 0.179. The van der Waals surface area contributed by atoms with E-state index in [9.17, 15) is 4.79 Å². The zero-order valence-corrected chi connectivity index (χ0v) is 15.0. The number of carbonyl (C=O) groups is 1. The second-order valence-electron chi connectivity index (χ2n) is 6.69. The van der Waals surface area contributed by atoms with Gasteiger partial charge in [0.05, 0.1) is 0 Å². The Morgan fingerprint density at radius 3 is 2.93 bits per heavy atom. The highest BCUT2D eigenvalue weighted by molar-refractivity contribution is 6.03. The van der Waals surface area contributed by atoms with Crippen LogP contribution in [-0.4, -0.2) is 44.8 Å². The molecule has 0 radical (unpaired) electrons. The number of hydrogen-bond donors (Lipinski definition) is 2. The number of aromatic nitrogens is 4. The first kappa shape index (κ1) is 17.2. The fraction of sp³-hybridized carbons (Fsp3) is 0.263. The third kappa shape index (κ3) is 3.65. The van der Waals surface area contributed by atoms with E-state index in [0.29, 0.717) is 11.4 Å². The number of rotatable bonds is 4. The number of nitrogens with two attached hydrogens (primary N) is 1. The predicted molar refractivity (Wildman–Crippen MR) is 103 cm³/mol. The summed E-state index contributed by atoms with van der Waals surface area (Å²) in [6, 6.07) is 11.4. The van der Waals surface area contributed by atoms with Gasteiger partial charge in [-0.05, 0) is 30.7 Å². The van der Waals surface area contributed by atoms with Crippen LogP contribution in [-0.2, 0) is 7.05 Å². The van der Waals surface area contributed by atoms with E-state index < -0.39 is 0 Å². The molecule has 1 aliphatic rings. The number of amides is 1. The van der Waals surface area contributed by atoms with Crippen LogP contribution in [0.3, 0.4) is 0 Å². The summed E-state index contributed by atoms with van der Waals surface area (Å²) in [5, 5.41) is 10.9. The molecule has 27 heavy (non-hydrogen) atoms. The third-order valence-corrected chi connectivity index (χ3v) is 4.66. The summed E-state index contributed by atoms with van der Waals surface area (Å²) in [5.74, 6) is 0.479. The van der Waals surface area contributed by atoms with Crippen molar-refractivity contribution in [1.82, 2.24) is 19.7 Å². The molecule has 0 saturated carbocycles. The standard InChI is InChI=1S/C19H21N7O/c1-25-12-22-24-18(25)13-3-2-4-15(9-13)23-19(27)17-10-16(5-7-21-17)26-8-6-14(20)11-26/h2-5,7,9-10,12,14H,6,8,11,20H2,1H3,(H,23,27)/t14-/m1/s1. The lowest BCUT2D eigenvalue weighted by Gasteiger charge is -2.18. The van der Waals surface area contributed by atoms with Gasteiger partial charge in [-0.3, -0.25) is 9.78 Å². The molecule has 2 aromatic heterocycles. The van der Waals surface area contributed by atoms with Crippen LogP contribution >= 0.6 is 0 Å². The summed E-state index contributed by atoms with van der Waals surface area (Å²) in [7, 11) is 1.88. The monoisotopic (exact) mass is 363 g/mol. The highest BCUT2D eigenvalue weighted by Crippen LogP contribution is 2.22. The van der Waals surface area contributed by atoms with E-state index in [4.69, 9.17) is 5.73 Å². The smallest absolute Gasteiger partial charge is 0.274 e. The van der Waals surface area contributed by atoms with Gasteiger partial charge >= 0.3 is 0 Å². The van der Waals surface area contributed by atoms with Crippen LogP contribution in [0.1, 0.15) is 16.9 Å². The van der Waals surface area contributed by atoms with Gasteiger partial charge in [-0.25, -0.2) is 0 Å². The number of benzene rings is 1. The van der Waals surface area contributed by atoms with Gasteiger partial charge in [0.1, 0.15) is 12.0 Å². The summed E-state index contributed by atoms with van der Waals surface area (Å²) in [6.07, 6.45) is 4.25. The highest BCUT2D eigenvalue weighted by Gasteiger charge is 2.20. The molecule has 1 saturated heterocycles. The van der Waals surface area contributed by atoms with Crippen LogP contribution in [0.25, 0.3) is 11.4 Å². The van der Waals surface area contributed by atoms with E-state index in [2.05, 4.69) is 25.4 Å². The van der Waals surface area contributed by atoms with E-state index in [0.717, 1.165) is 36.6 Å². The molecule has 1 atom stereocenters. The Hall–Kier alpha value is -3.26. The largest absolute Gasteiger partial charge is 0.370 e. The van der Waals surface area contributed by atoms with Crippen molar-refractivity contribution in [2.24, 2.45) is 12.8 Å². The molecule has 1 amide bonds. The zero-order chi connectivity index (χ0) is 18.8. The summed E-state index contributed by atoms with van der Waals surface area (Å²) in [6.45, 7) is 1.69. The molecule has 3 aromatic rings. The first-order chi connectivity index (χ1) is 13.1. The lowest BCUT2D eigenvalue weighted by atomic mass is 10.2. The Bertz CT molecular complexity index is 968. The minimum Gasteiger partial charge on any atom is -0.370 e. The van der Waals surface area contributed by atoms with Crippen molar-refractivity contribution in [2.45, 2.75) is 12.5 Å². The number of anilines is 2. The molecule has 8 heteroatoms. The number of nitrogens with zero attached hydrogens (tertiary/aromatic N) is 5. The first-order valence-corrected chi connectivity index (χ1v) is 8.82. The fourth-order valence-electron chi connectivity index (χ4n) is 3.24. The molecule has 4 rings (SSSR count). The molecule has 1 aromatic carbocycles. The van der Waals surface area contributed by atoms with Crippen molar-refractivity contribution in [3.63, 3.8) is 0 Å². The van der Waals surface area contributed by atoms with Gasteiger partial charge in [0.25, 0.3) is 5.91 Å². The molecule has 0 unspecified atom stereocenters. The number of aryl methyl sites for hydroxylation is 1. The molecule has 138 valence electrons. The van der Waals surface area contributed by atoms with E-state index in [-0.39, 0.29) is 11.9 Å². The second-order valence-corrected chi connectivity index (χ2v) is 6.69. The topological polar surface area (TPSA) is 102 Å². The van der Waals surface area contributed by atoms with E-state index in [1.165, 1.54) is 0 Å². The highest BCUT2D eigenvalue weighted by atomic mass is 16.1. The van der Waals surface area contributed by atoms with E-state index >= 15 is 0 Å². The number of carbonyl (C=O) groups excluding carboxylic acids is 1. The van der Waals surface area contributed by atoms with E-state index in [1.54, 1.807) is 18.6 Å². The van der Waals surface area contributed by atoms with Crippen molar-refractivity contribution in [2.75, 3.05) is 23.3 Å². The summed E-state index contributed by atoms with van der Waals surface area (Å²) < 4.78 is 1.83. The Balaban J connectivity index is 1.52. The van der Waals surface area contributed by atoms with Crippen molar-refractivity contribution in [3.05, 3.63) is 54.6 Å². The number of pyridine rings is 1. The number of hydrogen-bond acceptors (Lipinski definition) is 6. The van der Waals surface area contributed by atoms with Crippen LogP contribution in [0.15, 0.2) is 48.9 Å². The summed E-state index contributed by atoms with van der Waals surface area (Å²) in [4.78, 5) is 19.1. The van der Waals surface area contributed by atoms with Gasteiger partial charge in [-0.1, -0.05) is 12.1 Å². The van der Waals surface area contributed by atoms with Crippen LogP contribution in [0.5, 0.6) is 0 Å². The van der Waals surface area contributed by atoms with Crippen molar-refractivity contribution < 1.29 is 4.79 Å². The Morgan fingerprint density at radius 2 is 2.19 bits per heavy atom. The minimum atomic E-state index is -0.254. The molecular formula is C19H21N7O. The van der Waals surface area contributed by atoms with Crippen LogP contribution < -0.4 is 16.0 Å². The Morgan fingerprint density at radius 1 is 1.30 bits per heavy atom. The normalized spacial score (nSPS) is 16.5. The molecule has 3 heterocycles. The number of nitrogens with one attached hydrogen (secondary N) is 1. The molecule has 0 aliphatic carbocycles. The lowest BCUT2D eigenvalue weighted by molar-refractivity contribution is 0.102. The fourth-order valence-corrected chi connectivity index (χ4v) is 3.24. The molecule has 3 N–H and O–H groups in total. The quantitative estimate of drug-likeness (QED) is 0.731. The van der Waals surface area contributed by atoms with Gasteiger partial charge in [-0.2, -0.15) is 0 Å². The average molecular weight is 363 g/mol. The maximum absolute atomic E-state index is 12.7. The molecule has 1 aliphatic heterocycles. The summed E-state index contributed by atoms with van der Waals surface area (Å²) in [5.41, 5.74) is 8.87. The second kappa shape index (κ2) is 7.16. The maximum atomic E-state index is 12.7. The zero-order valence-electron chi connectivity index (χ0n) is 15.0. The van der Waals surface area contributed by atoms with Crippen molar-refractivity contribution in [3.8, 4) is 11.4 Å². The van der Waals surface area contributed by atoms with Crippen LogP contribution in [0, 0.1) is 0 Å². The molecule has 0 spiro atoms. The van der Waals surface area contributed by atoms with Crippen LogP contribution in [0.4, 0.5) is 11.4 Å². The van der Waals surface area contributed by atoms with Gasteiger partial charge in [-0.15, -0.1) is 10.2 Å². The van der Waals surface area contributed by atoms with Crippen LogP contribution in [0.2, 0.25) is 0 Å². The van der Waals surface area contributed by atoms with Gasteiger partial charge < -0.3 is 20.5 Å². The maximum Gasteiger partial charge on any atom is 0.274 e. The SMILES string of the molecule is Cn1cnnc1-c1cccc(NC(=O)c2cc(N3CC[C@@H](N)C3)ccn2)c1. The van der Waals surface area contributed by atoms with E-state index in [1.807, 2.05) is 41.9 Å². The average Bonchev–Trinajstić information content (AvgIpc) is 3.30. The summed E-state index contributed by atoms with van der Waals surface area (Å²) >= 11 is 0. The Kier molecular flexibility index (Phi) is 4.55. The Labute approximate surface area is 157 Å². The molecule has 1 fully saturated rings. The van der Waals surface area contributed by atoms with Crippen molar-refractivity contribution >= 4 is 17.3 Å².